The lowest BCUT2D eigenvalue weighted by Crippen LogP contribution is -1.98. The van der Waals surface area contributed by atoms with Gasteiger partial charge in [0.05, 0.1) is 4.90 Å². The van der Waals surface area contributed by atoms with E-state index < -0.39 is 10.1 Å². The molecule has 0 aliphatic rings. The van der Waals surface area contributed by atoms with E-state index in [0.717, 1.165) is 24.2 Å². The molecule has 25 heavy (non-hydrogen) atoms. The summed E-state index contributed by atoms with van der Waals surface area (Å²) in [4.78, 5) is -0.168. The first-order valence-corrected chi connectivity index (χ1v) is 10.3. The third kappa shape index (κ3) is 6.52. The Hall–Kier alpha value is -1.85. The van der Waals surface area contributed by atoms with Gasteiger partial charge in [0, 0.05) is 6.07 Å². The number of hydrogen-bond acceptors (Lipinski definition) is 3. The van der Waals surface area contributed by atoms with Crippen LogP contribution in [0.1, 0.15) is 51.0 Å². The van der Waals surface area contributed by atoms with Gasteiger partial charge in [0.2, 0.25) is 0 Å². The van der Waals surface area contributed by atoms with E-state index in [1.807, 2.05) is 24.3 Å². The van der Waals surface area contributed by atoms with Crippen molar-refractivity contribution in [2.75, 3.05) is 0 Å². The van der Waals surface area contributed by atoms with Gasteiger partial charge >= 0.3 is 0 Å². The molecule has 0 spiro atoms. The molecule has 0 fully saturated rings. The molecule has 0 heterocycles. The van der Waals surface area contributed by atoms with E-state index >= 15 is 0 Å². The molecule has 0 saturated carbocycles. The summed E-state index contributed by atoms with van der Waals surface area (Å²) in [6.45, 7) is 2.21. The SMILES string of the molecule is CCCCCCCCc1ccccc1Oc1cccc(S(=O)(=O)O)c1. The Morgan fingerprint density at radius 1 is 0.920 bits per heavy atom. The number of benzene rings is 2. The molecule has 2 rings (SSSR count). The Morgan fingerprint density at radius 2 is 1.64 bits per heavy atom. The van der Waals surface area contributed by atoms with Gasteiger partial charge in [0.1, 0.15) is 11.5 Å². The molecule has 136 valence electrons. The van der Waals surface area contributed by atoms with E-state index in [-0.39, 0.29) is 4.90 Å². The average Bonchev–Trinajstić information content (AvgIpc) is 2.59. The van der Waals surface area contributed by atoms with E-state index in [4.69, 9.17) is 9.29 Å². The monoisotopic (exact) mass is 362 g/mol. The van der Waals surface area contributed by atoms with Gasteiger partial charge in [0.25, 0.3) is 10.1 Å². The molecule has 2 aromatic rings. The van der Waals surface area contributed by atoms with Gasteiger partial charge in [0.15, 0.2) is 0 Å². The molecule has 0 aliphatic heterocycles. The summed E-state index contributed by atoms with van der Waals surface area (Å²) >= 11 is 0. The second-order valence-electron chi connectivity index (χ2n) is 6.18. The highest BCUT2D eigenvalue weighted by molar-refractivity contribution is 7.85. The van der Waals surface area contributed by atoms with E-state index in [2.05, 4.69) is 6.92 Å². The van der Waals surface area contributed by atoms with Crippen LogP contribution in [0.2, 0.25) is 0 Å². The zero-order valence-electron chi connectivity index (χ0n) is 14.6. The molecule has 0 bridgehead atoms. The lowest BCUT2D eigenvalue weighted by atomic mass is 10.0. The number of hydrogen-bond donors (Lipinski definition) is 1. The zero-order chi connectivity index (χ0) is 18.1. The van der Waals surface area contributed by atoms with E-state index in [1.54, 1.807) is 12.1 Å². The molecule has 1 N–H and O–H groups in total. The van der Waals surface area contributed by atoms with Crippen LogP contribution in [0.5, 0.6) is 11.5 Å². The van der Waals surface area contributed by atoms with Crippen LogP contribution in [0.4, 0.5) is 0 Å². The van der Waals surface area contributed by atoms with Gasteiger partial charge in [-0.15, -0.1) is 0 Å². The van der Waals surface area contributed by atoms with Crippen molar-refractivity contribution >= 4 is 10.1 Å². The van der Waals surface area contributed by atoms with Crippen LogP contribution in [0.3, 0.4) is 0 Å². The van der Waals surface area contributed by atoms with Gasteiger partial charge in [-0.05, 0) is 36.6 Å². The van der Waals surface area contributed by atoms with Crippen LogP contribution in [-0.2, 0) is 16.5 Å². The van der Waals surface area contributed by atoms with Gasteiger partial charge in [-0.1, -0.05) is 63.3 Å². The molecule has 0 aromatic heterocycles. The van der Waals surface area contributed by atoms with Crippen LogP contribution in [0.25, 0.3) is 0 Å². The first-order valence-electron chi connectivity index (χ1n) is 8.84. The van der Waals surface area contributed by atoms with Crippen LogP contribution in [0.15, 0.2) is 53.4 Å². The van der Waals surface area contributed by atoms with E-state index in [0.29, 0.717) is 5.75 Å². The topological polar surface area (TPSA) is 63.6 Å². The summed E-state index contributed by atoms with van der Waals surface area (Å²) in [6, 6.07) is 13.7. The Morgan fingerprint density at radius 3 is 2.40 bits per heavy atom. The fraction of sp³-hybridized carbons (Fsp3) is 0.400. The van der Waals surface area contributed by atoms with Crippen molar-refractivity contribution in [3.63, 3.8) is 0 Å². The number of unbranched alkanes of at least 4 members (excludes halogenated alkanes) is 5. The van der Waals surface area contributed by atoms with Crippen molar-refractivity contribution in [3.05, 3.63) is 54.1 Å². The Kier molecular flexibility index (Phi) is 7.47. The number of rotatable bonds is 10. The molecule has 2 aromatic carbocycles. The zero-order valence-corrected chi connectivity index (χ0v) is 15.5. The first-order chi connectivity index (χ1) is 12.0. The van der Waals surface area contributed by atoms with Crippen molar-refractivity contribution < 1.29 is 17.7 Å². The molecular weight excluding hydrogens is 336 g/mol. The van der Waals surface area contributed by atoms with Crippen molar-refractivity contribution in [1.29, 1.82) is 0 Å². The molecule has 5 heteroatoms. The van der Waals surface area contributed by atoms with Gasteiger partial charge in [-0.25, -0.2) is 0 Å². The lowest BCUT2D eigenvalue weighted by molar-refractivity contribution is 0.466. The summed E-state index contributed by atoms with van der Waals surface area (Å²) in [6.07, 6.45) is 8.33. The minimum Gasteiger partial charge on any atom is -0.457 e. The predicted octanol–water partition coefficient (Wildman–Crippen LogP) is 5.63. The maximum absolute atomic E-state index is 11.3. The number of ether oxygens (including phenoxy) is 1. The fourth-order valence-corrected chi connectivity index (χ4v) is 3.25. The first kappa shape index (κ1) is 19.5. The molecular formula is C20H26O4S. The largest absolute Gasteiger partial charge is 0.457 e. The van der Waals surface area contributed by atoms with E-state index in [9.17, 15) is 8.42 Å². The molecule has 0 atom stereocenters. The van der Waals surface area contributed by atoms with Crippen molar-refractivity contribution in [3.8, 4) is 11.5 Å². The minimum absolute atomic E-state index is 0.168. The highest BCUT2D eigenvalue weighted by atomic mass is 32.2. The third-order valence-electron chi connectivity index (χ3n) is 4.10. The van der Waals surface area contributed by atoms with Crippen molar-refractivity contribution in [1.82, 2.24) is 0 Å². The molecule has 0 amide bonds. The predicted molar refractivity (Wildman–Crippen MR) is 99.9 cm³/mol. The van der Waals surface area contributed by atoms with Crippen molar-refractivity contribution in [2.24, 2.45) is 0 Å². The summed E-state index contributed by atoms with van der Waals surface area (Å²) in [5.41, 5.74) is 1.11. The maximum Gasteiger partial charge on any atom is 0.294 e. The third-order valence-corrected chi connectivity index (χ3v) is 4.95. The molecule has 0 radical (unpaired) electrons. The van der Waals surface area contributed by atoms with Gasteiger partial charge < -0.3 is 4.74 Å². The number of aryl methyl sites for hydroxylation is 1. The molecule has 0 aliphatic carbocycles. The maximum atomic E-state index is 11.3. The lowest BCUT2D eigenvalue weighted by Gasteiger charge is -2.11. The van der Waals surface area contributed by atoms with Crippen LogP contribution >= 0.6 is 0 Å². The van der Waals surface area contributed by atoms with Gasteiger partial charge in [-0.3, -0.25) is 4.55 Å². The normalized spacial score (nSPS) is 11.4. The Labute approximate surface area is 150 Å². The summed E-state index contributed by atoms with van der Waals surface area (Å²) in [5, 5.41) is 0. The number of para-hydroxylation sites is 1. The summed E-state index contributed by atoms with van der Waals surface area (Å²) in [5.74, 6) is 1.12. The Balaban J connectivity index is 2.01. The second-order valence-corrected chi connectivity index (χ2v) is 7.60. The quantitative estimate of drug-likeness (QED) is 0.439. The smallest absolute Gasteiger partial charge is 0.294 e. The summed E-state index contributed by atoms with van der Waals surface area (Å²) < 4.78 is 37.5. The molecule has 0 unspecified atom stereocenters. The minimum atomic E-state index is -4.23. The van der Waals surface area contributed by atoms with Crippen LogP contribution < -0.4 is 4.74 Å². The Bertz CT molecular complexity index is 769. The highest BCUT2D eigenvalue weighted by Crippen LogP contribution is 2.28. The fourth-order valence-electron chi connectivity index (χ4n) is 2.73. The molecule has 0 saturated heterocycles. The molecule has 4 nitrogen and oxygen atoms in total. The van der Waals surface area contributed by atoms with E-state index in [1.165, 1.54) is 44.2 Å². The highest BCUT2D eigenvalue weighted by Gasteiger charge is 2.11. The standard InChI is InChI=1S/C20H26O4S/c1-2-3-4-5-6-7-11-17-12-8-9-15-20(17)24-18-13-10-14-19(16-18)25(21,22)23/h8-10,12-16H,2-7,11H2,1H3,(H,21,22,23). The van der Waals surface area contributed by atoms with Crippen LogP contribution in [-0.4, -0.2) is 13.0 Å². The second kappa shape index (κ2) is 9.59. The van der Waals surface area contributed by atoms with Crippen LogP contribution in [0, 0.1) is 0 Å². The summed E-state index contributed by atoms with van der Waals surface area (Å²) in [7, 11) is -4.23. The van der Waals surface area contributed by atoms with Crippen molar-refractivity contribution in [2.45, 2.75) is 56.8 Å². The van der Waals surface area contributed by atoms with Gasteiger partial charge in [-0.2, -0.15) is 8.42 Å². The average molecular weight is 362 g/mol.